The van der Waals surface area contributed by atoms with Gasteiger partial charge in [-0.15, -0.1) is 0 Å². The molecule has 6 nitrogen and oxygen atoms in total. The van der Waals surface area contributed by atoms with Gasteiger partial charge in [-0.1, -0.05) is 13.3 Å². The van der Waals surface area contributed by atoms with Gasteiger partial charge in [0.15, 0.2) is 0 Å². The Morgan fingerprint density at radius 1 is 1.35 bits per heavy atom. The van der Waals surface area contributed by atoms with Crippen LogP contribution in [0.15, 0.2) is 12.4 Å². The van der Waals surface area contributed by atoms with Crippen molar-refractivity contribution in [3.8, 4) is 0 Å². The Kier molecular flexibility index (Phi) is 4.67. The first-order valence-corrected chi connectivity index (χ1v) is 7.01. The maximum Gasteiger partial charge on any atom is 0.420 e. The van der Waals surface area contributed by atoms with E-state index >= 15 is 0 Å². The summed E-state index contributed by atoms with van der Waals surface area (Å²) in [5, 5.41) is 14.7. The van der Waals surface area contributed by atoms with Gasteiger partial charge in [0.1, 0.15) is 11.3 Å². The molecule has 2 N–H and O–H groups in total. The molecule has 0 spiro atoms. The molecule has 2 aromatic rings. The van der Waals surface area contributed by atoms with Crippen molar-refractivity contribution in [3.05, 3.63) is 29.3 Å². The predicted molar refractivity (Wildman–Crippen MR) is 80.0 cm³/mol. The summed E-state index contributed by atoms with van der Waals surface area (Å²) in [5.74, 6) is 0.00459. The standard InChI is InChI=1S/C14H17F3N6/c1-4-5-10(18)12-9(14(15,16)17)6-19-13(22-12)21-11-7-20-23(3)8(11)2/h6-7,18H,4-5H2,1-3H3,(H,19,21,22). The third kappa shape index (κ3) is 3.66. The molecule has 0 saturated heterocycles. The number of aromatic nitrogens is 4. The zero-order chi connectivity index (χ0) is 17.2. The fourth-order valence-corrected chi connectivity index (χ4v) is 1.99. The molecule has 2 heterocycles. The van der Waals surface area contributed by atoms with Crippen LogP contribution in [0.1, 0.15) is 36.7 Å². The molecule has 2 rings (SSSR count). The summed E-state index contributed by atoms with van der Waals surface area (Å²) in [6.45, 7) is 3.60. The second-order valence-corrected chi connectivity index (χ2v) is 5.07. The van der Waals surface area contributed by atoms with E-state index in [9.17, 15) is 13.2 Å². The van der Waals surface area contributed by atoms with Crippen LogP contribution >= 0.6 is 0 Å². The third-order valence-corrected chi connectivity index (χ3v) is 3.36. The van der Waals surface area contributed by atoms with Gasteiger partial charge in [0.05, 0.1) is 23.3 Å². The topological polar surface area (TPSA) is 79.5 Å². The average Bonchev–Trinajstić information content (AvgIpc) is 2.78. The zero-order valence-corrected chi connectivity index (χ0v) is 13.0. The van der Waals surface area contributed by atoms with E-state index in [1.54, 1.807) is 25.6 Å². The lowest BCUT2D eigenvalue weighted by Gasteiger charge is -2.13. The summed E-state index contributed by atoms with van der Waals surface area (Å²) >= 11 is 0. The number of nitrogens with zero attached hydrogens (tertiary/aromatic N) is 4. The van der Waals surface area contributed by atoms with Crippen LogP contribution in [-0.2, 0) is 13.2 Å². The second kappa shape index (κ2) is 6.35. The van der Waals surface area contributed by atoms with E-state index in [-0.39, 0.29) is 18.1 Å². The highest BCUT2D eigenvalue weighted by atomic mass is 19.4. The molecule has 0 saturated carbocycles. The van der Waals surface area contributed by atoms with E-state index in [2.05, 4.69) is 20.4 Å². The van der Waals surface area contributed by atoms with Crippen molar-refractivity contribution in [2.45, 2.75) is 32.9 Å². The van der Waals surface area contributed by atoms with E-state index in [1.165, 1.54) is 6.20 Å². The van der Waals surface area contributed by atoms with Gasteiger partial charge in [-0.25, -0.2) is 9.97 Å². The molecule has 2 aromatic heterocycles. The molecule has 23 heavy (non-hydrogen) atoms. The molecule has 0 aliphatic carbocycles. The minimum Gasteiger partial charge on any atom is -0.321 e. The van der Waals surface area contributed by atoms with Crippen LogP contribution in [0.25, 0.3) is 0 Å². The van der Waals surface area contributed by atoms with Gasteiger partial charge < -0.3 is 10.7 Å². The minimum atomic E-state index is -4.60. The van der Waals surface area contributed by atoms with Crippen LogP contribution in [0.2, 0.25) is 0 Å². The number of halogens is 3. The lowest BCUT2D eigenvalue weighted by Crippen LogP contribution is -2.17. The number of rotatable bonds is 5. The molecule has 0 aliphatic rings. The van der Waals surface area contributed by atoms with Crippen LogP contribution in [0, 0.1) is 12.3 Å². The van der Waals surface area contributed by atoms with Gasteiger partial charge in [-0.2, -0.15) is 18.3 Å². The Morgan fingerprint density at radius 3 is 2.57 bits per heavy atom. The molecule has 0 aromatic carbocycles. The Morgan fingerprint density at radius 2 is 2.04 bits per heavy atom. The molecule has 0 unspecified atom stereocenters. The predicted octanol–water partition coefficient (Wildman–Crippen LogP) is 3.45. The number of alkyl halides is 3. The number of nitrogens with one attached hydrogen (secondary N) is 2. The number of hydrogen-bond acceptors (Lipinski definition) is 5. The molecule has 0 atom stereocenters. The fraction of sp³-hybridized carbons (Fsp3) is 0.429. The molecule has 0 fully saturated rings. The van der Waals surface area contributed by atoms with Gasteiger partial charge in [-0.05, 0) is 13.3 Å². The quantitative estimate of drug-likeness (QED) is 0.825. The van der Waals surface area contributed by atoms with E-state index in [4.69, 9.17) is 5.41 Å². The summed E-state index contributed by atoms with van der Waals surface area (Å²) in [4.78, 5) is 7.62. The molecule has 0 amide bonds. The van der Waals surface area contributed by atoms with Crippen molar-refractivity contribution >= 4 is 17.3 Å². The minimum absolute atomic E-state index is 0.00459. The van der Waals surface area contributed by atoms with Crippen LogP contribution in [-0.4, -0.2) is 25.5 Å². The normalized spacial score (nSPS) is 11.6. The fourth-order valence-electron chi connectivity index (χ4n) is 1.99. The third-order valence-electron chi connectivity index (χ3n) is 3.36. The van der Waals surface area contributed by atoms with Crippen molar-refractivity contribution in [3.63, 3.8) is 0 Å². The summed E-state index contributed by atoms with van der Waals surface area (Å²) in [7, 11) is 1.75. The smallest absolute Gasteiger partial charge is 0.321 e. The van der Waals surface area contributed by atoms with Crippen molar-refractivity contribution < 1.29 is 13.2 Å². The number of aryl methyl sites for hydroxylation is 1. The average molecular weight is 326 g/mol. The van der Waals surface area contributed by atoms with E-state index in [1.807, 2.05) is 0 Å². The summed E-state index contributed by atoms with van der Waals surface area (Å²) < 4.78 is 40.8. The molecular weight excluding hydrogens is 309 g/mol. The van der Waals surface area contributed by atoms with Crippen LogP contribution < -0.4 is 5.32 Å². The van der Waals surface area contributed by atoms with Crippen LogP contribution in [0.3, 0.4) is 0 Å². The van der Waals surface area contributed by atoms with Gasteiger partial charge >= 0.3 is 6.18 Å². The number of hydrogen-bond donors (Lipinski definition) is 2. The SMILES string of the molecule is CCCC(=N)c1nc(Nc2cnn(C)c2C)ncc1C(F)(F)F. The van der Waals surface area contributed by atoms with Crippen molar-refractivity contribution in [2.75, 3.05) is 5.32 Å². The van der Waals surface area contributed by atoms with E-state index < -0.39 is 17.4 Å². The van der Waals surface area contributed by atoms with Gasteiger partial charge in [0.25, 0.3) is 0 Å². The molecule has 0 radical (unpaired) electrons. The van der Waals surface area contributed by atoms with Crippen molar-refractivity contribution in [2.24, 2.45) is 7.05 Å². The largest absolute Gasteiger partial charge is 0.420 e. The summed E-state index contributed by atoms with van der Waals surface area (Å²) in [6, 6.07) is 0. The lowest BCUT2D eigenvalue weighted by molar-refractivity contribution is -0.138. The Bertz CT molecular complexity index is 720. The lowest BCUT2D eigenvalue weighted by atomic mass is 10.1. The molecule has 0 aliphatic heterocycles. The van der Waals surface area contributed by atoms with Crippen molar-refractivity contribution in [1.29, 1.82) is 5.41 Å². The summed E-state index contributed by atoms with van der Waals surface area (Å²) in [5.41, 5.74) is -0.158. The van der Waals surface area contributed by atoms with Crippen molar-refractivity contribution in [1.82, 2.24) is 19.7 Å². The number of anilines is 2. The first-order chi connectivity index (χ1) is 10.7. The van der Waals surface area contributed by atoms with E-state index in [0.717, 1.165) is 5.69 Å². The molecular formula is C14H17F3N6. The first kappa shape index (κ1) is 16.9. The van der Waals surface area contributed by atoms with E-state index in [0.29, 0.717) is 18.3 Å². The van der Waals surface area contributed by atoms with Gasteiger partial charge in [0, 0.05) is 13.2 Å². The zero-order valence-electron chi connectivity index (χ0n) is 13.0. The van der Waals surface area contributed by atoms with Gasteiger partial charge in [0.2, 0.25) is 5.95 Å². The first-order valence-electron chi connectivity index (χ1n) is 7.01. The Labute approximate surface area is 131 Å². The maximum atomic E-state index is 13.1. The highest BCUT2D eigenvalue weighted by molar-refractivity contribution is 5.98. The second-order valence-electron chi connectivity index (χ2n) is 5.07. The highest BCUT2D eigenvalue weighted by Gasteiger charge is 2.36. The van der Waals surface area contributed by atoms with Gasteiger partial charge in [-0.3, -0.25) is 4.68 Å². The maximum absolute atomic E-state index is 13.1. The molecule has 124 valence electrons. The summed E-state index contributed by atoms with van der Waals surface area (Å²) in [6.07, 6.45) is -1.58. The molecule has 0 bridgehead atoms. The highest BCUT2D eigenvalue weighted by Crippen LogP contribution is 2.32. The van der Waals surface area contributed by atoms with Crippen LogP contribution in [0.5, 0.6) is 0 Å². The monoisotopic (exact) mass is 326 g/mol. The Hall–Kier alpha value is -2.45. The molecule has 9 heteroatoms. The Balaban J connectivity index is 2.41. The van der Waals surface area contributed by atoms with Crippen LogP contribution in [0.4, 0.5) is 24.8 Å².